The molecule has 0 aromatic heterocycles. The molecule has 0 amide bonds. The van der Waals surface area contributed by atoms with Gasteiger partial charge in [0.15, 0.2) is 0 Å². The summed E-state index contributed by atoms with van der Waals surface area (Å²) in [4.78, 5) is 0. The smallest absolute Gasteiger partial charge is 0.0712 e. The summed E-state index contributed by atoms with van der Waals surface area (Å²) in [6, 6.07) is 28.9. The highest BCUT2D eigenvalue weighted by Gasteiger charge is 2.39. The highest BCUT2D eigenvalue weighted by atomic mass is 28.3. The van der Waals surface area contributed by atoms with Crippen molar-refractivity contribution >= 4 is 20.2 Å². The van der Waals surface area contributed by atoms with Crippen LogP contribution < -0.4 is 0 Å². The van der Waals surface area contributed by atoms with Gasteiger partial charge in [0.1, 0.15) is 8.07 Å². The number of fused-ring (bicyclic) bond motifs is 2. The van der Waals surface area contributed by atoms with Crippen molar-refractivity contribution in [2.75, 3.05) is 0 Å². The summed E-state index contributed by atoms with van der Waals surface area (Å²) in [5.41, 5.74) is 17.1. The Balaban J connectivity index is 1.43. The molecular formula is C41H46Si. The molecule has 0 saturated heterocycles. The zero-order chi connectivity index (χ0) is 29.4. The van der Waals surface area contributed by atoms with Crippen LogP contribution in [0.3, 0.4) is 0 Å². The third-order valence-corrected chi connectivity index (χ3v) is 15.4. The fourth-order valence-electron chi connectivity index (χ4n) is 7.43. The number of benzene rings is 4. The Hall–Kier alpha value is -3.42. The Kier molecular flexibility index (Phi) is 7.98. The molecule has 0 heterocycles. The van der Waals surface area contributed by atoms with Gasteiger partial charge in [-0.1, -0.05) is 141 Å². The average Bonchev–Trinajstić information content (AvgIpc) is 3.64. The van der Waals surface area contributed by atoms with Crippen molar-refractivity contribution < 1.29 is 0 Å². The fraction of sp³-hybridized carbons (Fsp3) is 0.317. The second-order valence-electron chi connectivity index (χ2n) is 13.1. The van der Waals surface area contributed by atoms with E-state index < -0.39 is 8.07 Å². The van der Waals surface area contributed by atoms with Crippen LogP contribution in [0, 0.1) is 27.7 Å². The number of allylic oxidation sites excluding steroid dienone is 2. The Bertz CT molecular complexity index is 1590. The summed E-state index contributed by atoms with van der Waals surface area (Å²) in [7, 11) is -1.90. The summed E-state index contributed by atoms with van der Waals surface area (Å²) in [5.74, 6) is 0. The van der Waals surface area contributed by atoms with Crippen LogP contribution in [0.1, 0.15) is 77.1 Å². The maximum absolute atomic E-state index is 2.70. The van der Waals surface area contributed by atoms with E-state index in [1.54, 1.807) is 10.4 Å². The summed E-state index contributed by atoms with van der Waals surface area (Å²) in [6.45, 7) is 14.1. The molecule has 0 aliphatic heterocycles. The Morgan fingerprint density at radius 2 is 1.00 bits per heavy atom. The van der Waals surface area contributed by atoms with Crippen LogP contribution >= 0.6 is 0 Å². The van der Waals surface area contributed by atoms with Crippen LogP contribution in [-0.4, -0.2) is 8.07 Å². The van der Waals surface area contributed by atoms with Gasteiger partial charge in [-0.25, -0.2) is 0 Å². The lowest BCUT2D eigenvalue weighted by atomic mass is 9.92. The lowest BCUT2D eigenvalue weighted by Gasteiger charge is -2.31. The van der Waals surface area contributed by atoms with Gasteiger partial charge in [0, 0.05) is 0 Å². The third kappa shape index (κ3) is 5.07. The predicted octanol–water partition coefficient (Wildman–Crippen LogP) is 11.6. The van der Waals surface area contributed by atoms with Crippen molar-refractivity contribution in [1.82, 2.24) is 0 Å². The summed E-state index contributed by atoms with van der Waals surface area (Å²) >= 11 is 0. The van der Waals surface area contributed by atoms with Gasteiger partial charge in [-0.3, -0.25) is 0 Å². The molecule has 0 fully saturated rings. The van der Waals surface area contributed by atoms with E-state index in [-0.39, 0.29) is 0 Å². The van der Waals surface area contributed by atoms with Crippen LogP contribution in [0.15, 0.2) is 83.2 Å². The molecule has 4 aromatic carbocycles. The van der Waals surface area contributed by atoms with Gasteiger partial charge in [-0.05, 0) is 107 Å². The van der Waals surface area contributed by atoms with Gasteiger partial charge in [0.2, 0.25) is 0 Å². The zero-order valence-corrected chi connectivity index (χ0v) is 27.5. The van der Waals surface area contributed by atoms with Crippen LogP contribution in [-0.2, 0) is 12.8 Å². The van der Waals surface area contributed by atoms with E-state index in [1.807, 2.05) is 0 Å². The first kappa shape index (κ1) is 28.7. The van der Waals surface area contributed by atoms with Crippen molar-refractivity contribution in [2.24, 2.45) is 0 Å². The average molecular weight is 567 g/mol. The van der Waals surface area contributed by atoms with Crippen molar-refractivity contribution in [3.05, 3.63) is 128 Å². The predicted molar refractivity (Wildman–Crippen MR) is 187 cm³/mol. The molecule has 0 saturated carbocycles. The molecule has 42 heavy (non-hydrogen) atoms. The molecule has 4 aromatic rings. The molecule has 214 valence electrons. The fourth-order valence-corrected chi connectivity index (χ4v) is 11.5. The van der Waals surface area contributed by atoms with Crippen LogP contribution in [0.5, 0.6) is 0 Å². The van der Waals surface area contributed by atoms with Crippen molar-refractivity contribution in [3.8, 4) is 22.3 Å². The molecule has 2 aliphatic carbocycles. The SMILES string of the molecule is CCCCCC[Si](C)(C1=Cc2c(cccc2-c2cccc(C)c2C)C1)C1=Cc2c(cccc2-c2cccc(C)c2C)C1. The van der Waals surface area contributed by atoms with Crippen molar-refractivity contribution in [1.29, 1.82) is 0 Å². The third-order valence-electron chi connectivity index (χ3n) is 10.5. The maximum Gasteiger partial charge on any atom is 0.106 e. The molecule has 0 unspecified atom stereocenters. The second-order valence-corrected chi connectivity index (χ2v) is 17.5. The number of unbranched alkanes of at least 4 members (excludes halogenated alkanes) is 3. The van der Waals surface area contributed by atoms with Crippen LogP contribution in [0.4, 0.5) is 0 Å². The molecular weight excluding hydrogens is 521 g/mol. The molecule has 0 spiro atoms. The van der Waals surface area contributed by atoms with E-state index in [1.165, 1.54) is 98.5 Å². The number of rotatable bonds is 9. The normalized spacial score (nSPS) is 14.0. The Labute approximate surface area is 255 Å². The molecule has 1 heteroatoms. The van der Waals surface area contributed by atoms with E-state index in [4.69, 9.17) is 0 Å². The monoisotopic (exact) mass is 566 g/mol. The van der Waals surface area contributed by atoms with E-state index in [0.29, 0.717) is 0 Å². The lowest BCUT2D eigenvalue weighted by Crippen LogP contribution is -2.36. The zero-order valence-electron chi connectivity index (χ0n) is 26.5. The molecule has 6 rings (SSSR count). The Morgan fingerprint density at radius 1 is 0.548 bits per heavy atom. The highest BCUT2D eigenvalue weighted by Crippen LogP contribution is 2.46. The molecule has 2 aliphatic rings. The number of hydrogen-bond acceptors (Lipinski definition) is 0. The van der Waals surface area contributed by atoms with Gasteiger partial charge < -0.3 is 0 Å². The standard InChI is InChI=1S/C41H46Si/c1-7-8-9-10-23-42(6,34-24-32-17-13-21-38(40(32)26-34)36-19-11-15-28(2)30(36)4)35-25-33-18-14-22-39(41(33)27-35)37-20-12-16-29(3)31(37)5/h11-22,26-27H,7-10,23-25H2,1-6H3. The van der Waals surface area contributed by atoms with Crippen LogP contribution in [0.25, 0.3) is 34.4 Å². The quantitative estimate of drug-likeness (QED) is 0.140. The summed E-state index contributed by atoms with van der Waals surface area (Å²) in [6.07, 6.45) is 12.8. The Morgan fingerprint density at radius 3 is 1.48 bits per heavy atom. The van der Waals surface area contributed by atoms with E-state index >= 15 is 0 Å². The van der Waals surface area contributed by atoms with Crippen molar-refractivity contribution in [3.63, 3.8) is 0 Å². The van der Waals surface area contributed by atoms with Crippen LogP contribution in [0.2, 0.25) is 12.6 Å². The lowest BCUT2D eigenvalue weighted by molar-refractivity contribution is 0.697. The minimum absolute atomic E-state index is 1.11. The van der Waals surface area contributed by atoms with Gasteiger partial charge in [-0.15, -0.1) is 0 Å². The largest absolute Gasteiger partial charge is 0.106 e. The molecule has 0 nitrogen and oxygen atoms in total. The highest BCUT2D eigenvalue weighted by molar-refractivity contribution is 6.93. The second kappa shape index (κ2) is 11.7. The van der Waals surface area contributed by atoms with Gasteiger partial charge in [-0.2, -0.15) is 0 Å². The van der Waals surface area contributed by atoms with E-state index in [2.05, 4.69) is 126 Å². The first-order valence-corrected chi connectivity index (χ1v) is 18.8. The minimum atomic E-state index is -1.90. The first-order valence-electron chi connectivity index (χ1n) is 16.1. The van der Waals surface area contributed by atoms with E-state index in [9.17, 15) is 0 Å². The number of aryl methyl sites for hydroxylation is 2. The molecule has 0 radical (unpaired) electrons. The summed E-state index contributed by atoms with van der Waals surface area (Å²) in [5, 5.41) is 3.47. The minimum Gasteiger partial charge on any atom is -0.0712 e. The molecule has 0 atom stereocenters. The van der Waals surface area contributed by atoms with Gasteiger partial charge in [0.05, 0.1) is 0 Å². The van der Waals surface area contributed by atoms with Gasteiger partial charge in [0.25, 0.3) is 0 Å². The summed E-state index contributed by atoms with van der Waals surface area (Å²) < 4.78 is 0. The van der Waals surface area contributed by atoms with Crippen molar-refractivity contribution in [2.45, 2.75) is 85.7 Å². The number of hydrogen-bond donors (Lipinski definition) is 0. The maximum atomic E-state index is 2.70. The topological polar surface area (TPSA) is 0 Å². The van der Waals surface area contributed by atoms with Gasteiger partial charge >= 0.3 is 0 Å². The first-order chi connectivity index (χ1) is 20.3. The molecule has 0 N–H and O–H groups in total. The van der Waals surface area contributed by atoms with E-state index in [0.717, 1.165) is 12.8 Å². The molecule has 0 bridgehead atoms.